The van der Waals surface area contributed by atoms with Crippen LogP contribution in [0.2, 0.25) is 0 Å². The predicted octanol–water partition coefficient (Wildman–Crippen LogP) is 1.68. The largest absolute Gasteiger partial charge is 0.471 e. The van der Waals surface area contributed by atoms with Crippen molar-refractivity contribution in [3.8, 4) is 0 Å². The van der Waals surface area contributed by atoms with Crippen molar-refractivity contribution in [3.63, 3.8) is 0 Å². The van der Waals surface area contributed by atoms with Gasteiger partial charge in [-0.2, -0.15) is 13.2 Å². The molecule has 0 aliphatic carbocycles. The van der Waals surface area contributed by atoms with Crippen LogP contribution >= 0.6 is 0 Å². The fourth-order valence-electron chi connectivity index (χ4n) is 1.75. The number of carbonyl (C=O) groups is 1. The highest BCUT2D eigenvalue weighted by molar-refractivity contribution is 6.00. The summed E-state index contributed by atoms with van der Waals surface area (Å²) in [6, 6.07) is 8.46. The van der Waals surface area contributed by atoms with Crippen LogP contribution in [0.25, 0.3) is 0 Å². The van der Waals surface area contributed by atoms with Gasteiger partial charge >= 0.3 is 12.1 Å². The first-order chi connectivity index (χ1) is 9.97. The Labute approximate surface area is 119 Å². The summed E-state index contributed by atoms with van der Waals surface area (Å²) in [5, 5.41) is 1.83. The van der Waals surface area contributed by atoms with E-state index in [2.05, 4.69) is 4.99 Å². The van der Waals surface area contributed by atoms with Crippen LogP contribution in [-0.2, 0) is 9.53 Å². The van der Waals surface area contributed by atoms with E-state index in [-0.39, 0.29) is 5.96 Å². The third-order valence-corrected chi connectivity index (χ3v) is 2.78. The number of guanidine groups is 1. The molecule has 1 fully saturated rings. The summed E-state index contributed by atoms with van der Waals surface area (Å²) in [6.45, 7) is 1.47. The van der Waals surface area contributed by atoms with Gasteiger partial charge in [0.2, 0.25) is 5.96 Å². The molecule has 5 nitrogen and oxygen atoms in total. The average molecular weight is 301 g/mol. The number of ether oxygens (including phenoxy) is 1. The molecule has 1 amide bonds. The van der Waals surface area contributed by atoms with E-state index in [1.807, 2.05) is 5.32 Å². The number of para-hydroxylation sites is 1. The number of benzene rings is 1. The Balaban J connectivity index is 2.21. The van der Waals surface area contributed by atoms with E-state index in [0.717, 1.165) is 0 Å². The molecule has 0 bridgehead atoms. The first-order valence-electron chi connectivity index (χ1n) is 6.31. The van der Waals surface area contributed by atoms with Crippen LogP contribution in [0, 0.1) is 0 Å². The van der Waals surface area contributed by atoms with Crippen LogP contribution in [0.5, 0.6) is 0 Å². The lowest BCUT2D eigenvalue weighted by atomic mass is 10.3. The highest BCUT2D eigenvalue weighted by Crippen LogP contribution is 2.16. The van der Waals surface area contributed by atoms with E-state index in [9.17, 15) is 18.0 Å². The number of amides is 1. The Kier molecular flexibility index (Phi) is 4.79. The van der Waals surface area contributed by atoms with Gasteiger partial charge in [-0.3, -0.25) is 10.1 Å². The van der Waals surface area contributed by atoms with Crippen molar-refractivity contribution in [2.75, 3.05) is 26.3 Å². The minimum absolute atomic E-state index is 0.119. The Bertz CT molecular complexity index is 511. The molecule has 114 valence electrons. The third-order valence-electron chi connectivity index (χ3n) is 2.78. The van der Waals surface area contributed by atoms with Gasteiger partial charge in [-0.1, -0.05) is 18.2 Å². The standard InChI is InChI=1S/C13H14F3N3O2/c14-13(15,16)11(20)18-12(19-6-8-21-9-7-19)17-10-4-2-1-3-5-10/h1-5H,6-9H2,(H,17,18,20). The fraction of sp³-hybridized carbons (Fsp3) is 0.385. The van der Waals surface area contributed by atoms with Gasteiger partial charge in [0.1, 0.15) is 0 Å². The van der Waals surface area contributed by atoms with Gasteiger partial charge in [-0.15, -0.1) is 0 Å². The van der Waals surface area contributed by atoms with Crippen molar-refractivity contribution in [1.29, 1.82) is 0 Å². The number of aliphatic imine (C=N–C) groups is 1. The van der Waals surface area contributed by atoms with Crippen LogP contribution in [0.15, 0.2) is 35.3 Å². The minimum atomic E-state index is -4.95. The van der Waals surface area contributed by atoms with Crippen LogP contribution < -0.4 is 5.32 Å². The van der Waals surface area contributed by atoms with E-state index >= 15 is 0 Å². The second kappa shape index (κ2) is 6.57. The molecule has 0 radical (unpaired) electrons. The number of rotatable bonds is 1. The lowest BCUT2D eigenvalue weighted by Gasteiger charge is -2.29. The molecule has 1 aromatic rings. The third kappa shape index (κ3) is 4.45. The molecule has 2 rings (SSSR count). The maximum atomic E-state index is 12.4. The summed E-state index contributed by atoms with van der Waals surface area (Å²) in [5.41, 5.74) is 0.460. The molecule has 1 N–H and O–H groups in total. The van der Waals surface area contributed by atoms with Gasteiger partial charge in [0.05, 0.1) is 18.9 Å². The summed E-state index contributed by atoms with van der Waals surface area (Å²) in [7, 11) is 0. The average Bonchev–Trinajstić information content (AvgIpc) is 2.47. The Morgan fingerprint density at radius 2 is 1.81 bits per heavy atom. The van der Waals surface area contributed by atoms with Gasteiger partial charge in [-0.25, -0.2) is 4.99 Å². The summed E-state index contributed by atoms with van der Waals surface area (Å²) < 4.78 is 42.4. The zero-order valence-electron chi connectivity index (χ0n) is 11.1. The SMILES string of the molecule is O=C(NC(=Nc1ccccc1)N1CCOCC1)C(F)(F)F. The maximum Gasteiger partial charge on any atom is 0.471 e. The number of morpholine rings is 1. The molecular formula is C13H14F3N3O2. The number of carbonyl (C=O) groups excluding carboxylic acids is 1. The number of hydrogen-bond acceptors (Lipinski definition) is 3. The summed E-state index contributed by atoms with van der Waals surface area (Å²) in [6.07, 6.45) is -4.95. The van der Waals surface area contributed by atoms with Gasteiger partial charge in [0.15, 0.2) is 0 Å². The van der Waals surface area contributed by atoms with E-state index < -0.39 is 12.1 Å². The number of nitrogens with zero attached hydrogens (tertiary/aromatic N) is 2. The lowest BCUT2D eigenvalue weighted by molar-refractivity contribution is -0.172. The molecular weight excluding hydrogens is 287 g/mol. The maximum absolute atomic E-state index is 12.4. The van der Waals surface area contributed by atoms with Crippen LogP contribution in [0.4, 0.5) is 18.9 Å². The summed E-state index contributed by atoms with van der Waals surface area (Å²) in [5.74, 6) is -2.16. The minimum Gasteiger partial charge on any atom is -0.378 e. The van der Waals surface area contributed by atoms with Crippen molar-refractivity contribution in [2.24, 2.45) is 4.99 Å². The van der Waals surface area contributed by atoms with Crippen molar-refractivity contribution in [3.05, 3.63) is 30.3 Å². The van der Waals surface area contributed by atoms with Gasteiger partial charge < -0.3 is 9.64 Å². The Hall–Kier alpha value is -2.09. The molecule has 21 heavy (non-hydrogen) atoms. The second-order valence-corrected chi connectivity index (χ2v) is 4.32. The van der Waals surface area contributed by atoms with Gasteiger partial charge in [0.25, 0.3) is 0 Å². The Morgan fingerprint density at radius 3 is 2.38 bits per heavy atom. The van der Waals surface area contributed by atoms with Crippen molar-refractivity contribution in [1.82, 2.24) is 10.2 Å². The van der Waals surface area contributed by atoms with Gasteiger partial charge in [0, 0.05) is 13.1 Å². The predicted molar refractivity (Wildman–Crippen MR) is 70.1 cm³/mol. The van der Waals surface area contributed by atoms with Crippen LogP contribution in [0.3, 0.4) is 0 Å². The molecule has 0 atom stereocenters. The molecule has 1 aliphatic rings. The first kappa shape index (κ1) is 15.3. The van der Waals surface area contributed by atoms with E-state index in [1.165, 1.54) is 0 Å². The molecule has 0 spiro atoms. The Morgan fingerprint density at radius 1 is 1.19 bits per heavy atom. The zero-order chi connectivity index (χ0) is 15.3. The smallest absolute Gasteiger partial charge is 0.378 e. The summed E-state index contributed by atoms with van der Waals surface area (Å²) >= 11 is 0. The molecule has 1 saturated heterocycles. The summed E-state index contributed by atoms with van der Waals surface area (Å²) in [4.78, 5) is 16.8. The molecule has 0 unspecified atom stereocenters. The highest BCUT2D eigenvalue weighted by Gasteiger charge is 2.40. The first-order valence-corrected chi connectivity index (χ1v) is 6.31. The second-order valence-electron chi connectivity index (χ2n) is 4.32. The number of alkyl halides is 3. The molecule has 1 aliphatic heterocycles. The van der Waals surface area contributed by atoms with Gasteiger partial charge in [-0.05, 0) is 12.1 Å². The van der Waals surface area contributed by atoms with E-state index in [1.54, 1.807) is 35.2 Å². The van der Waals surface area contributed by atoms with E-state index in [0.29, 0.717) is 32.0 Å². The number of nitrogens with one attached hydrogen (secondary N) is 1. The van der Waals surface area contributed by atoms with E-state index in [4.69, 9.17) is 4.74 Å². The fourth-order valence-corrected chi connectivity index (χ4v) is 1.75. The number of hydrogen-bond donors (Lipinski definition) is 1. The topological polar surface area (TPSA) is 53.9 Å². The number of halogens is 3. The monoisotopic (exact) mass is 301 g/mol. The lowest BCUT2D eigenvalue weighted by Crippen LogP contribution is -2.51. The van der Waals surface area contributed by atoms with Crippen LogP contribution in [-0.4, -0.2) is 49.2 Å². The van der Waals surface area contributed by atoms with Crippen molar-refractivity contribution < 1.29 is 22.7 Å². The molecule has 0 aromatic heterocycles. The van der Waals surface area contributed by atoms with Crippen molar-refractivity contribution >= 4 is 17.6 Å². The normalized spacial score (nSPS) is 16.7. The molecule has 1 aromatic carbocycles. The van der Waals surface area contributed by atoms with Crippen LogP contribution in [0.1, 0.15) is 0 Å². The molecule has 8 heteroatoms. The van der Waals surface area contributed by atoms with Crippen molar-refractivity contribution in [2.45, 2.75) is 6.18 Å². The molecule has 1 heterocycles. The quantitative estimate of drug-likeness (QED) is 0.634. The molecule has 0 saturated carbocycles. The highest BCUT2D eigenvalue weighted by atomic mass is 19.4. The zero-order valence-corrected chi connectivity index (χ0v) is 11.1.